The predicted octanol–water partition coefficient (Wildman–Crippen LogP) is 1.13. The highest BCUT2D eigenvalue weighted by molar-refractivity contribution is 8.01. The maximum Gasteiger partial charge on any atom is 0.327 e. The highest BCUT2D eigenvalue weighted by atomic mass is 32.2. The minimum atomic E-state index is -0.946. The van der Waals surface area contributed by atoms with Crippen LogP contribution >= 0.6 is 11.8 Å². The molecule has 0 aromatic carbocycles. The minimum Gasteiger partial charge on any atom is -0.480 e. The fourth-order valence-corrected chi connectivity index (χ4v) is 5.75. The molecule has 8 nitrogen and oxygen atoms in total. The Morgan fingerprint density at radius 2 is 2.35 bits per heavy atom. The molecule has 4 atom stereocenters. The molecule has 0 spiro atoms. The second-order valence-corrected chi connectivity index (χ2v) is 9.39. The fraction of sp³-hybridized carbons (Fsp3) is 0.647. The summed E-state index contributed by atoms with van der Waals surface area (Å²) in [4.78, 5) is 39.7. The topological polar surface area (TPSA) is 102 Å². The number of aliphatic carboxylic acids is 1. The van der Waals surface area contributed by atoms with Gasteiger partial charge in [-0.25, -0.2) is 9.78 Å². The zero-order chi connectivity index (χ0) is 18.5. The Bertz CT molecular complexity index is 735. The first-order valence-corrected chi connectivity index (χ1v) is 9.76. The normalized spacial score (nSPS) is 33.4. The average molecular weight is 377 g/mol. The summed E-state index contributed by atoms with van der Waals surface area (Å²) in [5.41, 5.74) is 0. The Morgan fingerprint density at radius 1 is 1.54 bits per heavy atom. The lowest BCUT2D eigenvalue weighted by molar-refractivity contribution is -0.158. The van der Waals surface area contributed by atoms with E-state index >= 15 is 0 Å². The van der Waals surface area contributed by atoms with E-state index in [0.717, 1.165) is 31.8 Å². The van der Waals surface area contributed by atoms with Crippen LogP contribution in [0, 0.1) is 0 Å². The van der Waals surface area contributed by atoms with Crippen molar-refractivity contribution in [2.45, 2.75) is 54.8 Å². The van der Waals surface area contributed by atoms with Crippen molar-refractivity contribution in [3.8, 4) is 0 Å². The van der Waals surface area contributed by atoms with Gasteiger partial charge in [-0.3, -0.25) is 9.79 Å². The summed E-state index contributed by atoms with van der Waals surface area (Å²) in [6, 6.07) is -1.26. The molecule has 4 heterocycles. The summed E-state index contributed by atoms with van der Waals surface area (Å²) in [6.45, 7) is 5.48. The lowest BCUT2D eigenvalue weighted by atomic mass is 9.96. The standard InChI is InChI=1S/C17H23N5O3S/c1-17(2)12(16(24)25)22-14(23)11(15(22)26-17)20-9-21-7-3-4-10(8-21)13-18-5-6-19-13/h5-6,9-12,15H,3-4,7-8H2,1-2H3,(H,18,19)(H,24,25)/t10?,11-,12+,15-/m1/s1. The minimum absolute atomic E-state index is 0.180. The number of imidazole rings is 1. The quantitative estimate of drug-likeness (QED) is 0.463. The Morgan fingerprint density at radius 3 is 3.04 bits per heavy atom. The largest absolute Gasteiger partial charge is 0.480 e. The van der Waals surface area contributed by atoms with Crippen LogP contribution in [0.1, 0.15) is 38.4 Å². The van der Waals surface area contributed by atoms with Crippen LogP contribution in [-0.2, 0) is 9.59 Å². The van der Waals surface area contributed by atoms with E-state index in [1.54, 1.807) is 12.5 Å². The third-order valence-corrected chi connectivity index (χ3v) is 6.95. The van der Waals surface area contributed by atoms with E-state index in [-0.39, 0.29) is 11.3 Å². The number of likely N-dealkylation sites (tertiary alicyclic amines) is 1. The molecule has 4 rings (SSSR count). The fourth-order valence-electron chi connectivity index (χ4n) is 4.13. The summed E-state index contributed by atoms with van der Waals surface area (Å²) in [5, 5.41) is 9.29. The monoisotopic (exact) mass is 377 g/mol. The second kappa shape index (κ2) is 6.29. The maximum absolute atomic E-state index is 12.5. The van der Waals surface area contributed by atoms with Crippen molar-refractivity contribution in [3.05, 3.63) is 18.2 Å². The molecule has 3 saturated heterocycles. The molecule has 2 N–H and O–H groups in total. The number of carboxylic acid groups (broad SMARTS) is 1. The molecule has 26 heavy (non-hydrogen) atoms. The molecule has 0 saturated carbocycles. The van der Waals surface area contributed by atoms with Crippen molar-refractivity contribution in [3.63, 3.8) is 0 Å². The summed E-state index contributed by atoms with van der Waals surface area (Å²) < 4.78 is -0.508. The lowest BCUT2D eigenvalue weighted by Crippen LogP contribution is -2.65. The summed E-state index contributed by atoms with van der Waals surface area (Å²) >= 11 is 1.53. The molecule has 0 radical (unpaired) electrons. The Labute approximate surface area is 156 Å². The molecule has 1 amide bonds. The number of fused-ring (bicyclic) bond motifs is 1. The molecule has 0 bridgehead atoms. The van der Waals surface area contributed by atoms with Gasteiger partial charge in [-0.15, -0.1) is 11.8 Å². The van der Waals surface area contributed by atoms with Gasteiger partial charge in [0.15, 0.2) is 6.04 Å². The van der Waals surface area contributed by atoms with E-state index in [0.29, 0.717) is 5.92 Å². The highest BCUT2D eigenvalue weighted by Crippen LogP contribution is 2.51. The summed E-state index contributed by atoms with van der Waals surface area (Å²) in [7, 11) is 0. The van der Waals surface area contributed by atoms with E-state index in [1.165, 1.54) is 16.7 Å². The Kier molecular flexibility index (Phi) is 4.21. The number of aromatic amines is 1. The predicted molar refractivity (Wildman–Crippen MR) is 98.1 cm³/mol. The number of piperidine rings is 1. The van der Waals surface area contributed by atoms with Crippen LogP contribution in [0.4, 0.5) is 0 Å². The first-order chi connectivity index (χ1) is 12.4. The van der Waals surface area contributed by atoms with Crippen molar-refractivity contribution >= 4 is 30.0 Å². The number of aliphatic imine (C=N–C) groups is 1. The number of β-lactam (4-membered cyclic amide) rings is 1. The molecule has 1 unspecified atom stereocenters. The number of H-pyrrole nitrogens is 1. The molecular weight excluding hydrogens is 354 g/mol. The van der Waals surface area contributed by atoms with Gasteiger partial charge in [-0.2, -0.15) is 0 Å². The van der Waals surface area contributed by atoms with Crippen LogP contribution in [0.25, 0.3) is 0 Å². The van der Waals surface area contributed by atoms with Crippen LogP contribution < -0.4 is 0 Å². The van der Waals surface area contributed by atoms with E-state index in [9.17, 15) is 14.7 Å². The number of nitrogens with zero attached hydrogens (tertiary/aromatic N) is 4. The molecule has 140 valence electrons. The van der Waals surface area contributed by atoms with Crippen LogP contribution in [0.15, 0.2) is 17.4 Å². The maximum atomic E-state index is 12.5. The van der Waals surface area contributed by atoms with E-state index in [4.69, 9.17) is 0 Å². The molecule has 1 aromatic rings. The van der Waals surface area contributed by atoms with Crippen molar-refractivity contribution in [1.82, 2.24) is 19.8 Å². The number of thioether (sulfide) groups is 1. The van der Waals surface area contributed by atoms with Crippen LogP contribution in [0.3, 0.4) is 0 Å². The zero-order valence-corrected chi connectivity index (χ0v) is 15.6. The van der Waals surface area contributed by atoms with Gasteiger partial charge in [0.05, 0.1) is 6.34 Å². The third kappa shape index (κ3) is 2.78. The van der Waals surface area contributed by atoms with Gasteiger partial charge in [-0.05, 0) is 26.7 Å². The SMILES string of the molecule is CC1(C)S[C@@H]2[C@H](N=CN3CCCC(c4ncc[nH]4)C3)C(=O)N2[C@H]1C(=O)O. The number of carbonyl (C=O) groups excluding carboxylic acids is 1. The highest BCUT2D eigenvalue weighted by Gasteiger charge is 2.63. The number of rotatable bonds is 4. The number of carbonyl (C=O) groups is 2. The van der Waals surface area contributed by atoms with Crippen molar-refractivity contribution in [2.24, 2.45) is 4.99 Å². The van der Waals surface area contributed by atoms with Gasteiger partial charge >= 0.3 is 5.97 Å². The zero-order valence-electron chi connectivity index (χ0n) is 14.8. The molecule has 1 aromatic heterocycles. The number of nitrogens with one attached hydrogen (secondary N) is 1. The second-order valence-electron chi connectivity index (χ2n) is 7.62. The number of carboxylic acids is 1. The number of aromatic nitrogens is 2. The molecule has 9 heteroatoms. The van der Waals surface area contributed by atoms with Crippen molar-refractivity contribution in [2.75, 3.05) is 13.1 Å². The van der Waals surface area contributed by atoms with Gasteiger partial charge in [0.1, 0.15) is 17.2 Å². The van der Waals surface area contributed by atoms with Crippen LogP contribution in [-0.4, -0.2) is 78.4 Å². The summed E-state index contributed by atoms with van der Waals surface area (Å²) in [6.07, 6.45) is 7.51. The smallest absolute Gasteiger partial charge is 0.327 e. The first-order valence-electron chi connectivity index (χ1n) is 8.88. The first kappa shape index (κ1) is 17.4. The van der Waals surface area contributed by atoms with E-state index in [2.05, 4.69) is 19.9 Å². The van der Waals surface area contributed by atoms with Crippen LogP contribution in [0.5, 0.6) is 0 Å². The van der Waals surface area contributed by atoms with Crippen molar-refractivity contribution < 1.29 is 14.7 Å². The van der Waals surface area contributed by atoms with E-state index < -0.39 is 22.8 Å². The van der Waals surface area contributed by atoms with Gasteiger partial charge in [0.2, 0.25) is 0 Å². The lowest BCUT2D eigenvalue weighted by Gasteiger charge is -2.41. The molecule has 3 fully saturated rings. The molecule has 0 aliphatic carbocycles. The summed E-state index contributed by atoms with van der Waals surface area (Å²) in [5.74, 6) is 0.204. The van der Waals surface area contributed by atoms with Gasteiger partial charge in [0, 0.05) is 36.1 Å². The number of hydrogen-bond donors (Lipinski definition) is 2. The van der Waals surface area contributed by atoms with Gasteiger partial charge in [-0.1, -0.05) is 0 Å². The molecule has 3 aliphatic rings. The van der Waals surface area contributed by atoms with Crippen molar-refractivity contribution in [1.29, 1.82) is 0 Å². The van der Waals surface area contributed by atoms with E-state index in [1.807, 2.05) is 20.0 Å². The number of amides is 1. The Balaban J connectivity index is 1.42. The molecular formula is C17H23N5O3S. The molecule has 3 aliphatic heterocycles. The Hall–Kier alpha value is -2.03. The van der Waals surface area contributed by atoms with Crippen LogP contribution in [0.2, 0.25) is 0 Å². The number of hydrogen-bond acceptors (Lipinski definition) is 5. The third-order valence-electron chi connectivity index (χ3n) is 5.40. The average Bonchev–Trinajstić information content (AvgIpc) is 3.20. The van der Waals surface area contributed by atoms with Gasteiger partial charge in [0.25, 0.3) is 5.91 Å². The van der Waals surface area contributed by atoms with Gasteiger partial charge < -0.3 is 19.9 Å².